The number of hydrogen-bond acceptors (Lipinski definition) is 7. The molecule has 0 saturated carbocycles. The molecule has 198 valence electrons. The minimum atomic E-state index is -1.24. The molecule has 3 heterocycles. The second-order valence-corrected chi connectivity index (χ2v) is 11.7. The van der Waals surface area contributed by atoms with Gasteiger partial charge in [0, 0.05) is 19.4 Å². The van der Waals surface area contributed by atoms with Crippen LogP contribution in [0.3, 0.4) is 0 Å². The number of fused-ring (bicyclic) bond motifs is 2. The Morgan fingerprint density at radius 3 is 2.58 bits per heavy atom. The summed E-state index contributed by atoms with van der Waals surface area (Å²) in [4.78, 5) is 30.7. The van der Waals surface area contributed by atoms with Crippen molar-refractivity contribution in [3.63, 3.8) is 0 Å². The van der Waals surface area contributed by atoms with Gasteiger partial charge < -0.3 is 24.3 Å². The van der Waals surface area contributed by atoms with Crippen molar-refractivity contribution < 1.29 is 29.3 Å². The van der Waals surface area contributed by atoms with Crippen molar-refractivity contribution in [1.82, 2.24) is 9.55 Å². The molecule has 36 heavy (non-hydrogen) atoms. The third kappa shape index (κ3) is 5.22. The maximum absolute atomic E-state index is 13.3. The summed E-state index contributed by atoms with van der Waals surface area (Å²) in [6, 6.07) is 5.81. The molecule has 2 aromatic rings. The number of rotatable bonds is 1. The summed E-state index contributed by atoms with van der Waals surface area (Å²) in [5.41, 5.74) is 1.11. The molecule has 8 nitrogen and oxygen atoms in total. The maximum atomic E-state index is 13.3. The van der Waals surface area contributed by atoms with Gasteiger partial charge in [-0.25, -0.2) is 4.98 Å². The molecule has 0 radical (unpaired) electrons. The number of imidazole rings is 1. The number of cyclic esters (lactones) is 1. The van der Waals surface area contributed by atoms with E-state index >= 15 is 0 Å². The van der Waals surface area contributed by atoms with Crippen LogP contribution in [0, 0.1) is 17.3 Å². The molecule has 0 amide bonds. The molecule has 0 spiro atoms. The maximum Gasteiger partial charge on any atom is 0.309 e. The van der Waals surface area contributed by atoms with E-state index in [0.717, 1.165) is 35.9 Å². The normalized spacial score (nSPS) is 36.3. The summed E-state index contributed by atoms with van der Waals surface area (Å²) in [5.74, 6) is -1.57. The summed E-state index contributed by atoms with van der Waals surface area (Å²) in [5, 5.41) is 21.8. The number of ether oxygens (including phenoxy) is 2. The first-order valence-corrected chi connectivity index (χ1v) is 13.0. The number of Topliss-reactive ketones (excluding diaryl/α,β-unsaturated/α-hetero) is 1. The van der Waals surface area contributed by atoms with E-state index in [0.29, 0.717) is 6.42 Å². The van der Waals surface area contributed by atoms with Crippen LogP contribution in [0.5, 0.6) is 0 Å². The zero-order valence-corrected chi connectivity index (χ0v) is 22.2. The molecule has 2 saturated heterocycles. The predicted molar refractivity (Wildman–Crippen MR) is 135 cm³/mol. The number of esters is 1. The number of hydrogen-bond donors (Lipinski definition) is 2. The molecule has 2 fully saturated rings. The number of aliphatic hydroxyl groups excluding tert-OH is 2. The van der Waals surface area contributed by atoms with Gasteiger partial charge in [0.1, 0.15) is 11.9 Å². The Balaban J connectivity index is 1.62. The lowest BCUT2D eigenvalue weighted by molar-refractivity contribution is -0.156. The first kappa shape index (κ1) is 26.8. The molecular weight excluding hydrogens is 460 g/mol. The number of epoxide rings is 1. The van der Waals surface area contributed by atoms with Crippen LogP contribution in [0.2, 0.25) is 0 Å². The minimum Gasteiger partial charge on any atom is -0.457 e. The number of benzene rings is 1. The van der Waals surface area contributed by atoms with Crippen LogP contribution in [0.15, 0.2) is 24.5 Å². The van der Waals surface area contributed by atoms with Crippen molar-refractivity contribution in [2.75, 3.05) is 0 Å². The fraction of sp³-hybridized carbons (Fsp3) is 0.679. The SMILES string of the molecule is CC1CCC[C@@]2(C)O[C@H]2C[C@@H](c2ccc3ncn(C)c3c2)OC(=O)CC(O)C(C)(C)C(=O)C(C)[C@H]1O. The molecule has 3 unspecified atom stereocenters. The fourth-order valence-electron chi connectivity index (χ4n) is 5.56. The average molecular weight is 501 g/mol. The van der Waals surface area contributed by atoms with Crippen molar-refractivity contribution in [2.45, 2.75) is 96.7 Å². The quantitative estimate of drug-likeness (QED) is 0.451. The van der Waals surface area contributed by atoms with Gasteiger partial charge in [0.25, 0.3) is 0 Å². The van der Waals surface area contributed by atoms with E-state index in [1.54, 1.807) is 27.1 Å². The summed E-state index contributed by atoms with van der Waals surface area (Å²) in [6.07, 6.45) is 1.69. The van der Waals surface area contributed by atoms with E-state index in [4.69, 9.17) is 9.47 Å². The predicted octanol–water partition coefficient (Wildman–Crippen LogP) is 3.87. The minimum absolute atomic E-state index is 0.0625. The highest BCUT2D eigenvalue weighted by molar-refractivity contribution is 5.88. The number of nitrogens with zero attached hydrogens (tertiary/aromatic N) is 2. The molecule has 0 aliphatic carbocycles. The van der Waals surface area contributed by atoms with Crippen LogP contribution in [-0.4, -0.2) is 55.4 Å². The first-order valence-electron chi connectivity index (χ1n) is 13.0. The van der Waals surface area contributed by atoms with E-state index in [9.17, 15) is 19.8 Å². The van der Waals surface area contributed by atoms with E-state index in [1.165, 1.54) is 0 Å². The number of aryl methyl sites for hydroxylation is 1. The van der Waals surface area contributed by atoms with Gasteiger partial charge in [-0.2, -0.15) is 0 Å². The van der Waals surface area contributed by atoms with Gasteiger partial charge in [-0.1, -0.05) is 40.2 Å². The zero-order valence-electron chi connectivity index (χ0n) is 22.2. The van der Waals surface area contributed by atoms with Gasteiger partial charge in [-0.15, -0.1) is 0 Å². The molecule has 2 N–H and O–H groups in total. The van der Waals surface area contributed by atoms with Crippen LogP contribution in [0.25, 0.3) is 11.0 Å². The Bertz CT molecular complexity index is 1130. The van der Waals surface area contributed by atoms with Crippen molar-refractivity contribution in [1.29, 1.82) is 0 Å². The van der Waals surface area contributed by atoms with Crippen molar-refractivity contribution in [3.05, 3.63) is 30.1 Å². The van der Waals surface area contributed by atoms with Crippen LogP contribution >= 0.6 is 0 Å². The Morgan fingerprint density at radius 1 is 1.14 bits per heavy atom. The number of ketones is 1. The van der Waals surface area contributed by atoms with Crippen LogP contribution in [0.4, 0.5) is 0 Å². The largest absolute Gasteiger partial charge is 0.457 e. The lowest BCUT2D eigenvalue weighted by Gasteiger charge is -2.34. The van der Waals surface area contributed by atoms with Crippen LogP contribution in [-0.2, 0) is 26.1 Å². The Kier molecular flexibility index (Phi) is 7.34. The van der Waals surface area contributed by atoms with E-state index < -0.39 is 35.6 Å². The number of aliphatic hydroxyl groups is 2. The smallest absolute Gasteiger partial charge is 0.309 e. The van der Waals surface area contributed by atoms with Crippen molar-refractivity contribution in [3.8, 4) is 0 Å². The van der Waals surface area contributed by atoms with Gasteiger partial charge in [-0.3, -0.25) is 9.59 Å². The molecular formula is C28H40N2O6. The zero-order chi connectivity index (χ0) is 26.4. The van der Waals surface area contributed by atoms with E-state index in [-0.39, 0.29) is 29.8 Å². The molecule has 2 aliphatic rings. The van der Waals surface area contributed by atoms with Crippen LogP contribution < -0.4 is 0 Å². The summed E-state index contributed by atoms with van der Waals surface area (Å²) in [6.45, 7) is 8.98. The summed E-state index contributed by atoms with van der Waals surface area (Å²) >= 11 is 0. The highest BCUT2D eigenvalue weighted by atomic mass is 16.6. The number of aromatic nitrogens is 2. The third-order valence-electron chi connectivity index (χ3n) is 8.53. The first-order chi connectivity index (χ1) is 16.8. The van der Waals surface area contributed by atoms with E-state index in [2.05, 4.69) is 11.9 Å². The van der Waals surface area contributed by atoms with Gasteiger partial charge in [0.2, 0.25) is 0 Å². The second kappa shape index (κ2) is 9.88. The molecule has 0 bridgehead atoms. The Hall–Kier alpha value is -2.29. The fourth-order valence-corrected chi connectivity index (χ4v) is 5.56. The lowest BCUT2D eigenvalue weighted by Crippen LogP contribution is -2.45. The third-order valence-corrected chi connectivity index (χ3v) is 8.53. The topological polar surface area (TPSA) is 114 Å². The van der Waals surface area contributed by atoms with Gasteiger partial charge in [-0.05, 0) is 43.4 Å². The van der Waals surface area contributed by atoms with Gasteiger partial charge in [0.05, 0.1) is 53.1 Å². The molecule has 1 aromatic carbocycles. The van der Waals surface area contributed by atoms with Gasteiger partial charge >= 0.3 is 5.97 Å². The summed E-state index contributed by atoms with van der Waals surface area (Å²) < 4.78 is 14.0. The Labute approximate surface area is 213 Å². The molecule has 4 rings (SSSR count). The van der Waals surface area contributed by atoms with Crippen LogP contribution in [0.1, 0.15) is 78.4 Å². The van der Waals surface area contributed by atoms with Crippen molar-refractivity contribution >= 4 is 22.8 Å². The molecule has 2 aliphatic heterocycles. The highest BCUT2D eigenvalue weighted by Gasteiger charge is 2.53. The van der Waals surface area contributed by atoms with Crippen molar-refractivity contribution in [2.24, 2.45) is 24.3 Å². The standard InChI is InChI=1S/C28H40N2O6/c1-16-8-7-11-28(5)23(36-28)13-21(18-9-10-19-20(12-18)30(6)15-29-19)35-24(32)14-22(31)27(3,4)26(34)17(2)25(16)33/h9-10,12,15-17,21-23,25,31,33H,7-8,11,13-14H2,1-6H3/t16?,17?,21-,22?,23-,25-,28+/m0/s1. The van der Waals surface area contributed by atoms with E-state index in [1.807, 2.05) is 36.7 Å². The lowest BCUT2D eigenvalue weighted by atomic mass is 9.73. The number of carbonyl (C=O) groups excluding carboxylic acids is 2. The van der Waals surface area contributed by atoms with Gasteiger partial charge in [0.15, 0.2) is 0 Å². The molecule has 8 heteroatoms. The molecule has 1 aromatic heterocycles. The molecule has 7 atom stereocenters. The summed E-state index contributed by atoms with van der Waals surface area (Å²) in [7, 11) is 1.92. The number of carbonyl (C=O) groups is 2. The average Bonchev–Trinajstić information content (AvgIpc) is 3.31. The highest BCUT2D eigenvalue weighted by Crippen LogP contribution is 2.46. The second-order valence-electron chi connectivity index (χ2n) is 11.7. The monoisotopic (exact) mass is 500 g/mol. The Morgan fingerprint density at radius 2 is 1.86 bits per heavy atom.